The van der Waals surface area contributed by atoms with E-state index in [-0.39, 0.29) is 16.7 Å². The maximum absolute atomic E-state index is 11.4. The molecule has 1 aromatic rings. The summed E-state index contributed by atoms with van der Waals surface area (Å²) in [5, 5.41) is 2.61. The van der Waals surface area contributed by atoms with Gasteiger partial charge in [0.2, 0.25) is 5.91 Å². The zero-order valence-corrected chi connectivity index (χ0v) is 10.9. The average Bonchev–Trinajstić information content (AvgIpc) is 2.15. The van der Waals surface area contributed by atoms with Gasteiger partial charge in [-0.3, -0.25) is 4.79 Å². The van der Waals surface area contributed by atoms with Crippen LogP contribution in [-0.2, 0) is 14.6 Å². The molecule has 94 valence electrons. The summed E-state index contributed by atoms with van der Waals surface area (Å²) < 4.78 is 22.4. The number of aromatic nitrogens is 1. The normalized spacial score (nSPS) is 11.5. The van der Waals surface area contributed by atoms with Gasteiger partial charge in [-0.15, -0.1) is 0 Å². The average molecular weight is 256 g/mol. The molecular weight excluding hydrogens is 240 g/mol. The predicted molar refractivity (Wildman–Crippen MR) is 65.4 cm³/mol. The first-order valence-corrected chi connectivity index (χ1v) is 7.14. The monoisotopic (exact) mass is 256 g/mol. The van der Waals surface area contributed by atoms with Crippen molar-refractivity contribution in [3.63, 3.8) is 0 Å². The standard InChI is InChI=1S/C11H16N2O3S/c1-8(2)6-11(14)13-10-5-4-9(7-12-10)17(3,15)16/h4-5,7-8H,6H2,1-3H3,(H,12,13,14). The van der Waals surface area contributed by atoms with E-state index < -0.39 is 9.84 Å². The smallest absolute Gasteiger partial charge is 0.225 e. The molecule has 0 aliphatic carbocycles. The Morgan fingerprint density at radius 3 is 2.47 bits per heavy atom. The number of rotatable bonds is 4. The van der Waals surface area contributed by atoms with Crippen LogP contribution in [0.5, 0.6) is 0 Å². The highest BCUT2D eigenvalue weighted by molar-refractivity contribution is 7.90. The fourth-order valence-electron chi connectivity index (χ4n) is 1.24. The quantitative estimate of drug-likeness (QED) is 0.885. The van der Waals surface area contributed by atoms with E-state index >= 15 is 0 Å². The molecule has 1 N–H and O–H groups in total. The number of carbonyl (C=O) groups excluding carboxylic acids is 1. The molecule has 1 heterocycles. The van der Waals surface area contributed by atoms with E-state index in [1.54, 1.807) is 0 Å². The molecule has 0 radical (unpaired) electrons. The van der Waals surface area contributed by atoms with Crippen molar-refractivity contribution in [2.45, 2.75) is 25.2 Å². The Labute approximate surface area is 101 Å². The molecule has 0 fully saturated rings. The lowest BCUT2D eigenvalue weighted by Crippen LogP contribution is -2.14. The highest BCUT2D eigenvalue weighted by atomic mass is 32.2. The minimum Gasteiger partial charge on any atom is -0.311 e. The van der Waals surface area contributed by atoms with Crippen LogP contribution in [-0.4, -0.2) is 25.6 Å². The van der Waals surface area contributed by atoms with Crippen molar-refractivity contribution in [1.29, 1.82) is 0 Å². The van der Waals surface area contributed by atoms with E-state index in [0.717, 1.165) is 6.26 Å². The van der Waals surface area contributed by atoms with E-state index in [9.17, 15) is 13.2 Å². The van der Waals surface area contributed by atoms with Gasteiger partial charge in [0.25, 0.3) is 0 Å². The van der Waals surface area contributed by atoms with Crippen LogP contribution in [0, 0.1) is 5.92 Å². The van der Waals surface area contributed by atoms with Crippen molar-refractivity contribution in [3.05, 3.63) is 18.3 Å². The third-order valence-electron chi connectivity index (χ3n) is 2.03. The summed E-state index contributed by atoms with van der Waals surface area (Å²) >= 11 is 0. The number of amides is 1. The largest absolute Gasteiger partial charge is 0.311 e. The Kier molecular flexibility index (Phi) is 4.22. The van der Waals surface area contributed by atoms with E-state index in [1.165, 1.54) is 18.3 Å². The summed E-state index contributed by atoms with van der Waals surface area (Å²) in [6, 6.07) is 2.90. The maximum Gasteiger partial charge on any atom is 0.225 e. The minimum absolute atomic E-state index is 0.125. The Balaban J connectivity index is 2.73. The van der Waals surface area contributed by atoms with Gasteiger partial charge in [0.15, 0.2) is 9.84 Å². The van der Waals surface area contributed by atoms with Crippen molar-refractivity contribution < 1.29 is 13.2 Å². The van der Waals surface area contributed by atoms with E-state index in [1.807, 2.05) is 13.8 Å². The van der Waals surface area contributed by atoms with Crippen molar-refractivity contribution in [1.82, 2.24) is 4.98 Å². The number of nitrogens with one attached hydrogen (secondary N) is 1. The summed E-state index contributed by atoms with van der Waals surface area (Å²) in [6.45, 7) is 3.89. The molecule has 0 saturated heterocycles. The fraction of sp³-hybridized carbons (Fsp3) is 0.455. The van der Waals surface area contributed by atoms with Crippen LogP contribution in [0.3, 0.4) is 0 Å². The van der Waals surface area contributed by atoms with Crippen LogP contribution in [0.4, 0.5) is 5.82 Å². The number of hydrogen-bond donors (Lipinski definition) is 1. The number of anilines is 1. The fourth-order valence-corrected chi connectivity index (χ4v) is 1.80. The summed E-state index contributed by atoms with van der Waals surface area (Å²) in [7, 11) is -3.24. The second-order valence-electron chi connectivity index (χ2n) is 4.30. The lowest BCUT2D eigenvalue weighted by atomic mass is 10.1. The molecule has 6 heteroatoms. The lowest BCUT2D eigenvalue weighted by Gasteiger charge is -2.06. The van der Waals surface area contributed by atoms with E-state index in [4.69, 9.17) is 0 Å². The minimum atomic E-state index is -3.24. The molecule has 0 aliphatic rings. The Hall–Kier alpha value is -1.43. The molecule has 0 spiro atoms. The van der Waals surface area contributed by atoms with Crippen LogP contribution < -0.4 is 5.32 Å². The molecule has 17 heavy (non-hydrogen) atoms. The summed E-state index contributed by atoms with van der Waals surface area (Å²) in [5.74, 6) is 0.507. The molecule has 0 aliphatic heterocycles. The molecule has 5 nitrogen and oxygen atoms in total. The third kappa shape index (κ3) is 4.52. The van der Waals surface area contributed by atoms with Gasteiger partial charge in [-0.1, -0.05) is 13.8 Å². The molecular formula is C11H16N2O3S. The third-order valence-corrected chi connectivity index (χ3v) is 3.12. The lowest BCUT2D eigenvalue weighted by molar-refractivity contribution is -0.116. The Morgan fingerprint density at radius 2 is 2.06 bits per heavy atom. The second-order valence-corrected chi connectivity index (χ2v) is 6.31. The molecule has 0 atom stereocenters. The van der Waals surface area contributed by atoms with Gasteiger partial charge < -0.3 is 5.32 Å². The molecule has 1 amide bonds. The first-order valence-electron chi connectivity index (χ1n) is 5.25. The van der Waals surface area contributed by atoms with Gasteiger partial charge in [0.1, 0.15) is 5.82 Å². The molecule has 1 rings (SSSR count). The number of hydrogen-bond acceptors (Lipinski definition) is 4. The van der Waals surface area contributed by atoms with Gasteiger partial charge in [0.05, 0.1) is 4.90 Å². The first kappa shape index (κ1) is 13.6. The van der Waals surface area contributed by atoms with Gasteiger partial charge in [-0.05, 0) is 18.1 Å². The van der Waals surface area contributed by atoms with E-state index in [0.29, 0.717) is 12.2 Å². The summed E-state index contributed by atoms with van der Waals surface area (Å²) in [5.41, 5.74) is 0. The molecule has 0 aromatic carbocycles. The van der Waals surface area contributed by atoms with Gasteiger partial charge in [0, 0.05) is 18.9 Å². The van der Waals surface area contributed by atoms with Crippen LogP contribution in [0.1, 0.15) is 20.3 Å². The van der Waals surface area contributed by atoms with Crippen molar-refractivity contribution in [2.24, 2.45) is 5.92 Å². The second kappa shape index (κ2) is 5.27. The van der Waals surface area contributed by atoms with Crippen LogP contribution in [0.25, 0.3) is 0 Å². The highest BCUT2D eigenvalue weighted by Gasteiger charge is 2.09. The van der Waals surface area contributed by atoms with Crippen LogP contribution >= 0.6 is 0 Å². The van der Waals surface area contributed by atoms with Crippen LogP contribution in [0.2, 0.25) is 0 Å². The molecule has 1 aromatic heterocycles. The van der Waals surface area contributed by atoms with Crippen molar-refractivity contribution in [3.8, 4) is 0 Å². The molecule has 0 bridgehead atoms. The van der Waals surface area contributed by atoms with Gasteiger partial charge in [-0.25, -0.2) is 13.4 Å². The number of nitrogens with zero attached hydrogens (tertiary/aromatic N) is 1. The SMILES string of the molecule is CC(C)CC(=O)Nc1ccc(S(C)(=O)=O)cn1. The first-order chi connectivity index (χ1) is 7.79. The predicted octanol–water partition coefficient (Wildman–Crippen LogP) is 1.47. The van der Waals surface area contributed by atoms with E-state index in [2.05, 4.69) is 10.3 Å². The number of pyridine rings is 1. The highest BCUT2D eigenvalue weighted by Crippen LogP contribution is 2.11. The van der Waals surface area contributed by atoms with Crippen molar-refractivity contribution in [2.75, 3.05) is 11.6 Å². The molecule has 0 saturated carbocycles. The summed E-state index contributed by atoms with van der Waals surface area (Å²) in [4.78, 5) is 15.5. The van der Waals surface area contributed by atoms with Gasteiger partial charge in [-0.2, -0.15) is 0 Å². The maximum atomic E-state index is 11.4. The number of carbonyl (C=O) groups is 1. The Morgan fingerprint density at radius 1 is 1.41 bits per heavy atom. The van der Waals surface area contributed by atoms with Crippen LogP contribution in [0.15, 0.2) is 23.2 Å². The summed E-state index contributed by atoms with van der Waals surface area (Å²) in [6.07, 6.45) is 2.76. The topological polar surface area (TPSA) is 76.1 Å². The van der Waals surface area contributed by atoms with Crippen molar-refractivity contribution >= 4 is 21.6 Å². The Bertz CT molecular complexity index is 492. The zero-order valence-electron chi connectivity index (χ0n) is 10.1. The number of sulfone groups is 1. The van der Waals surface area contributed by atoms with Gasteiger partial charge >= 0.3 is 0 Å². The molecule has 0 unspecified atom stereocenters. The zero-order chi connectivity index (χ0) is 13.1.